The predicted octanol–water partition coefficient (Wildman–Crippen LogP) is 4.49. The molecule has 0 aliphatic carbocycles. The van der Waals surface area contributed by atoms with Gasteiger partial charge >= 0.3 is 6.18 Å². The second kappa shape index (κ2) is 9.84. The zero-order valence-corrected chi connectivity index (χ0v) is 17.3. The van der Waals surface area contributed by atoms with E-state index in [9.17, 15) is 22.8 Å². The Morgan fingerprint density at radius 1 is 1.23 bits per heavy atom. The number of nitrogens with one attached hydrogen (secondary N) is 1. The number of nitrogens with zero attached hydrogens (tertiary/aromatic N) is 3. The number of ketones is 1. The monoisotopic (exact) mass is 444 g/mol. The third-order valence-corrected chi connectivity index (χ3v) is 4.09. The van der Waals surface area contributed by atoms with Gasteiger partial charge in [-0.1, -0.05) is 25.4 Å². The summed E-state index contributed by atoms with van der Waals surface area (Å²) in [4.78, 5) is 35.9. The van der Waals surface area contributed by atoms with Crippen LogP contribution < -0.4 is 10.1 Å². The standard InChI is InChI=1S/C19H20ClF3N4O3/c1-10(2)16(29)27-18-25-11(3)7-14(26-18)15(28)5-4-6-30-17-13(20)8-12(9-24-17)19(21,22)23/h7-10H,4-6H2,1-3H3,(H,25,26,27,29). The maximum absolute atomic E-state index is 12.6. The van der Waals surface area contributed by atoms with Crippen molar-refractivity contribution in [3.63, 3.8) is 0 Å². The third kappa shape index (κ3) is 6.65. The Balaban J connectivity index is 1.92. The first-order chi connectivity index (χ1) is 14.0. The Morgan fingerprint density at radius 2 is 1.93 bits per heavy atom. The zero-order valence-electron chi connectivity index (χ0n) is 16.5. The van der Waals surface area contributed by atoms with Gasteiger partial charge < -0.3 is 4.74 Å². The molecule has 0 saturated heterocycles. The average Bonchev–Trinajstić information content (AvgIpc) is 2.64. The number of pyridine rings is 1. The number of rotatable bonds is 8. The molecule has 0 fully saturated rings. The fourth-order valence-corrected chi connectivity index (χ4v) is 2.46. The minimum absolute atomic E-state index is 0.0187. The average molecular weight is 445 g/mol. The molecule has 0 bridgehead atoms. The van der Waals surface area contributed by atoms with Gasteiger partial charge in [-0.05, 0) is 25.5 Å². The van der Waals surface area contributed by atoms with Crippen LogP contribution in [0.25, 0.3) is 0 Å². The largest absolute Gasteiger partial charge is 0.477 e. The molecule has 0 unspecified atom stereocenters. The van der Waals surface area contributed by atoms with Crippen molar-refractivity contribution in [3.05, 3.63) is 40.3 Å². The first-order valence-electron chi connectivity index (χ1n) is 9.02. The van der Waals surface area contributed by atoms with Crippen molar-refractivity contribution in [1.29, 1.82) is 0 Å². The summed E-state index contributed by atoms with van der Waals surface area (Å²) in [5.74, 6) is -0.928. The molecule has 30 heavy (non-hydrogen) atoms. The molecule has 0 atom stereocenters. The highest BCUT2D eigenvalue weighted by molar-refractivity contribution is 6.31. The Bertz CT molecular complexity index is 936. The summed E-state index contributed by atoms with van der Waals surface area (Å²) < 4.78 is 43.1. The zero-order chi connectivity index (χ0) is 22.5. The molecule has 162 valence electrons. The minimum atomic E-state index is -4.55. The lowest BCUT2D eigenvalue weighted by Crippen LogP contribution is -2.20. The van der Waals surface area contributed by atoms with E-state index >= 15 is 0 Å². The Hall–Kier alpha value is -2.75. The van der Waals surface area contributed by atoms with Crippen LogP contribution in [0, 0.1) is 12.8 Å². The van der Waals surface area contributed by atoms with Crippen LogP contribution in [0.1, 0.15) is 48.4 Å². The van der Waals surface area contributed by atoms with Gasteiger partial charge in [-0.15, -0.1) is 0 Å². The first kappa shape index (κ1) is 23.5. The summed E-state index contributed by atoms with van der Waals surface area (Å²) >= 11 is 5.77. The maximum Gasteiger partial charge on any atom is 0.417 e. The Labute approximate surface area is 176 Å². The van der Waals surface area contributed by atoms with E-state index in [1.165, 1.54) is 6.07 Å². The molecule has 2 heterocycles. The smallest absolute Gasteiger partial charge is 0.417 e. The number of carbonyl (C=O) groups is 2. The normalized spacial score (nSPS) is 11.5. The van der Waals surface area contributed by atoms with Crippen LogP contribution in [0.2, 0.25) is 5.02 Å². The molecule has 1 amide bonds. The van der Waals surface area contributed by atoms with Crippen molar-refractivity contribution in [2.75, 3.05) is 11.9 Å². The van der Waals surface area contributed by atoms with Gasteiger partial charge in [0, 0.05) is 24.2 Å². The summed E-state index contributed by atoms with van der Waals surface area (Å²) in [6.45, 7) is 5.12. The third-order valence-electron chi connectivity index (χ3n) is 3.82. The number of carbonyl (C=O) groups excluding carboxylic acids is 2. The number of anilines is 1. The number of aryl methyl sites for hydroxylation is 1. The molecule has 0 aliphatic heterocycles. The number of aromatic nitrogens is 3. The number of hydrogen-bond donors (Lipinski definition) is 1. The number of hydrogen-bond acceptors (Lipinski definition) is 6. The van der Waals surface area contributed by atoms with E-state index in [-0.39, 0.29) is 59.6 Å². The van der Waals surface area contributed by atoms with E-state index in [1.54, 1.807) is 20.8 Å². The molecule has 0 aromatic carbocycles. The van der Waals surface area contributed by atoms with Gasteiger partial charge in [0.25, 0.3) is 0 Å². The Morgan fingerprint density at radius 3 is 2.53 bits per heavy atom. The minimum Gasteiger partial charge on any atom is -0.477 e. The molecular weight excluding hydrogens is 425 g/mol. The molecule has 0 radical (unpaired) electrons. The summed E-state index contributed by atoms with van der Waals surface area (Å²) in [6, 6.07) is 2.23. The van der Waals surface area contributed by atoms with Crippen molar-refractivity contribution in [3.8, 4) is 5.88 Å². The van der Waals surface area contributed by atoms with Crippen LogP contribution in [-0.2, 0) is 11.0 Å². The fraction of sp³-hybridized carbons (Fsp3) is 0.421. The number of amides is 1. The second-order valence-electron chi connectivity index (χ2n) is 6.75. The van der Waals surface area contributed by atoms with Gasteiger partial charge in [-0.25, -0.2) is 15.0 Å². The van der Waals surface area contributed by atoms with E-state index in [2.05, 4.69) is 20.3 Å². The molecule has 11 heteroatoms. The van der Waals surface area contributed by atoms with Crippen LogP contribution in [0.5, 0.6) is 5.88 Å². The predicted molar refractivity (Wildman–Crippen MR) is 104 cm³/mol. The summed E-state index contributed by atoms with van der Waals surface area (Å²) in [6.07, 6.45) is -3.60. The van der Waals surface area contributed by atoms with Crippen LogP contribution in [0.15, 0.2) is 18.3 Å². The lowest BCUT2D eigenvalue weighted by molar-refractivity contribution is -0.137. The first-order valence-corrected chi connectivity index (χ1v) is 9.40. The number of Topliss-reactive ketones (excluding diaryl/α,β-unsaturated/α-hetero) is 1. The Kier molecular flexibility index (Phi) is 7.71. The van der Waals surface area contributed by atoms with Crippen molar-refractivity contribution in [2.24, 2.45) is 5.92 Å². The van der Waals surface area contributed by atoms with E-state index in [4.69, 9.17) is 16.3 Å². The van der Waals surface area contributed by atoms with Gasteiger partial charge in [0.05, 0.1) is 12.2 Å². The van der Waals surface area contributed by atoms with Gasteiger partial charge in [0.15, 0.2) is 5.78 Å². The van der Waals surface area contributed by atoms with Crippen molar-refractivity contribution in [2.45, 2.75) is 39.8 Å². The van der Waals surface area contributed by atoms with Crippen molar-refractivity contribution in [1.82, 2.24) is 15.0 Å². The lowest BCUT2D eigenvalue weighted by atomic mass is 10.1. The molecule has 2 aromatic heterocycles. The highest BCUT2D eigenvalue weighted by Crippen LogP contribution is 2.33. The van der Waals surface area contributed by atoms with Gasteiger partial charge in [-0.3, -0.25) is 14.9 Å². The van der Waals surface area contributed by atoms with E-state index in [0.717, 1.165) is 6.07 Å². The van der Waals surface area contributed by atoms with Crippen LogP contribution in [0.4, 0.5) is 19.1 Å². The molecule has 7 nitrogen and oxygen atoms in total. The molecule has 0 aliphatic rings. The summed E-state index contributed by atoms with van der Waals surface area (Å²) in [5.41, 5.74) is -0.314. The SMILES string of the molecule is Cc1cc(C(=O)CCCOc2ncc(C(F)(F)F)cc2Cl)nc(NC(=O)C(C)C)n1. The van der Waals surface area contributed by atoms with E-state index in [1.807, 2.05) is 0 Å². The van der Waals surface area contributed by atoms with Crippen LogP contribution >= 0.6 is 11.6 Å². The number of ether oxygens (including phenoxy) is 1. The fourth-order valence-electron chi connectivity index (χ4n) is 2.24. The lowest BCUT2D eigenvalue weighted by Gasteiger charge is -2.10. The highest BCUT2D eigenvalue weighted by Gasteiger charge is 2.31. The van der Waals surface area contributed by atoms with Gasteiger partial charge in [-0.2, -0.15) is 13.2 Å². The van der Waals surface area contributed by atoms with Gasteiger partial charge in [0.2, 0.25) is 17.7 Å². The van der Waals surface area contributed by atoms with Crippen molar-refractivity contribution < 1.29 is 27.5 Å². The van der Waals surface area contributed by atoms with E-state index in [0.29, 0.717) is 11.9 Å². The topological polar surface area (TPSA) is 94.1 Å². The van der Waals surface area contributed by atoms with Crippen LogP contribution in [0.3, 0.4) is 0 Å². The summed E-state index contributed by atoms with van der Waals surface area (Å²) in [5, 5.41) is 2.28. The second-order valence-corrected chi connectivity index (χ2v) is 7.15. The summed E-state index contributed by atoms with van der Waals surface area (Å²) in [7, 11) is 0. The van der Waals surface area contributed by atoms with Gasteiger partial charge in [0.1, 0.15) is 10.7 Å². The molecule has 2 aromatic rings. The highest BCUT2D eigenvalue weighted by atomic mass is 35.5. The van der Waals surface area contributed by atoms with Crippen molar-refractivity contribution >= 4 is 29.2 Å². The number of alkyl halides is 3. The molecular formula is C19H20ClF3N4O3. The quantitative estimate of drug-likeness (QED) is 0.476. The maximum atomic E-state index is 12.6. The molecule has 2 rings (SSSR count). The molecule has 0 saturated carbocycles. The number of halogens is 4. The van der Waals surface area contributed by atoms with E-state index < -0.39 is 11.7 Å². The molecule has 1 N–H and O–H groups in total. The van der Waals surface area contributed by atoms with Crippen LogP contribution in [-0.4, -0.2) is 33.2 Å². The molecule has 0 spiro atoms.